The lowest BCUT2D eigenvalue weighted by Gasteiger charge is -2.31. The number of amides is 1. The first kappa shape index (κ1) is 12.5. The fourth-order valence-electron chi connectivity index (χ4n) is 2.22. The maximum absolute atomic E-state index is 11.8. The Morgan fingerprint density at radius 3 is 2.20 bits per heavy atom. The molecule has 2 atom stereocenters. The molecule has 0 saturated carbocycles. The van der Waals surface area contributed by atoms with Crippen LogP contribution in [0.2, 0.25) is 0 Å². The van der Waals surface area contributed by atoms with Crippen LogP contribution in [0.5, 0.6) is 0 Å². The van der Waals surface area contributed by atoms with Crippen molar-refractivity contribution in [1.82, 2.24) is 4.90 Å². The van der Waals surface area contributed by atoms with E-state index >= 15 is 0 Å². The van der Waals surface area contributed by atoms with E-state index in [-0.39, 0.29) is 5.92 Å². The van der Waals surface area contributed by atoms with Gasteiger partial charge in [0.1, 0.15) is 0 Å². The lowest BCUT2D eigenvalue weighted by atomic mass is 10.1. The molecule has 0 radical (unpaired) electrons. The zero-order valence-electron chi connectivity index (χ0n) is 10.3. The van der Waals surface area contributed by atoms with Gasteiger partial charge in [-0.15, -0.1) is 0 Å². The monoisotopic (exact) mass is 213 g/mol. The Morgan fingerprint density at radius 2 is 1.87 bits per heavy atom. The smallest absolute Gasteiger partial charge is 0.230 e. The number of hydrogen-bond donors (Lipinski definition) is 0. The second-order valence-corrected chi connectivity index (χ2v) is 4.41. The van der Waals surface area contributed by atoms with Gasteiger partial charge in [0.25, 0.3) is 0 Å². The molecule has 0 spiro atoms. The zero-order chi connectivity index (χ0) is 11.4. The summed E-state index contributed by atoms with van der Waals surface area (Å²) in [4.78, 5) is 13.9. The normalized spacial score (nSPS) is 30.5. The number of ether oxygens (including phenoxy) is 1. The number of nitrogens with zero attached hydrogens (tertiary/aromatic N) is 1. The van der Waals surface area contributed by atoms with Crippen LogP contribution in [0.3, 0.4) is 0 Å². The van der Waals surface area contributed by atoms with Crippen molar-refractivity contribution < 1.29 is 9.53 Å². The molecule has 1 amide bonds. The minimum atomic E-state index is 0.160. The minimum Gasteiger partial charge on any atom is -0.380 e. The molecule has 0 aromatic heterocycles. The average Bonchev–Trinajstić information content (AvgIpc) is 2.46. The number of hydrogen-bond acceptors (Lipinski definition) is 2. The van der Waals surface area contributed by atoms with Crippen molar-refractivity contribution in [3.05, 3.63) is 0 Å². The Hall–Kier alpha value is -0.570. The molecule has 88 valence electrons. The van der Waals surface area contributed by atoms with Gasteiger partial charge < -0.3 is 9.64 Å². The topological polar surface area (TPSA) is 29.5 Å². The third kappa shape index (κ3) is 2.71. The maximum Gasteiger partial charge on any atom is 0.230 e. The summed E-state index contributed by atoms with van der Waals surface area (Å²) >= 11 is 0. The Kier molecular flexibility index (Phi) is 4.58. The van der Waals surface area contributed by atoms with E-state index in [0.717, 1.165) is 13.0 Å². The van der Waals surface area contributed by atoms with Crippen LogP contribution >= 0.6 is 0 Å². The van der Waals surface area contributed by atoms with Crippen molar-refractivity contribution in [3.8, 4) is 0 Å². The first-order chi connectivity index (χ1) is 7.18. The third-order valence-corrected chi connectivity index (χ3v) is 3.05. The van der Waals surface area contributed by atoms with Gasteiger partial charge in [0.05, 0.1) is 19.1 Å². The predicted octanol–water partition coefficient (Wildman–Crippen LogP) is 1.92. The molecule has 3 heteroatoms. The molecule has 2 saturated heterocycles. The van der Waals surface area contributed by atoms with Crippen LogP contribution in [0.1, 0.15) is 34.1 Å². The van der Waals surface area contributed by atoms with E-state index in [1.807, 2.05) is 18.7 Å². The molecule has 2 aliphatic heterocycles. The summed E-state index contributed by atoms with van der Waals surface area (Å²) in [5.41, 5.74) is 0. The van der Waals surface area contributed by atoms with Crippen molar-refractivity contribution in [2.75, 3.05) is 19.8 Å². The molecular formula is C12H23NO2. The van der Waals surface area contributed by atoms with Crippen LogP contribution in [-0.4, -0.2) is 36.6 Å². The Labute approximate surface area is 92.8 Å². The molecule has 2 aliphatic rings. The highest BCUT2D eigenvalue weighted by atomic mass is 16.5. The molecular weight excluding hydrogens is 190 g/mol. The second-order valence-electron chi connectivity index (χ2n) is 4.41. The van der Waals surface area contributed by atoms with Crippen LogP contribution in [0.4, 0.5) is 0 Å². The van der Waals surface area contributed by atoms with Crippen LogP contribution in [0.15, 0.2) is 0 Å². The molecule has 2 fully saturated rings. The average molecular weight is 213 g/mol. The van der Waals surface area contributed by atoms with E-state index in [1.165, 1.54) is 0 Å². The van der Waals surface area contributed by atoms with E-state index in [1.54, 1.807) is 0 Å². The van der Waals surface area contributed by atoms with Gasteiger partial charge in [-0.05, 0) is 19.3 Å². The molecule has 2 unspecified atom stereocenters. The van der Waals surface area contributed by atoms with E-state index in [0.29, 0.717) is 31.1 Å². The van der Waals surface area contributed by atoms with E-state index in [9.17, 15) is 4.79 Å². The summed E-state index contributed by atoms with van der Waals surface area (Å²) in [6, 6.07) is 0.433. The Morgan fingerprint density at radius 1 is 1.27 bits per heavy atom. The molecule has 15 heavy (non-hydrogen) atoms. The molecule has 0 aliphatic carbocycles. The Balaban J connectivity index is 0.000000531. The highest BCUT2D eigenvalue weighted by molar-refractivity contribution is 5.80. The summed E-state index contributed by atoms with van der Waals surface area (Å²) in [7, 11) is 0. The van der Waals surface area contributed by atoms with Crippen LogP contribution in [0.25, 0.3) is 0 Å². The van der Waals surface area contributed by atoms with Crippen molar-refractivity contribution >= 4 is 5.91 Å². The van der Waals surface area contributed by atoms with Crippen molar-refractivity contribution in [1.29, 1.82) is 0 Å². The Bertz CT molecular complexity index is 214. The lowest BCUT2D eigenvalue weighted by Crippen LogP contribution is -2.46. The summed E-state index contributed by atoms with van der Waals surface area (Å²) in [6.07, 6.45) is 1.15. The van der Waals surface area contributed by atoms with Crippen LogP contribution in [0, 0.1) is 11.8 Å². The summed E-state index contributed by atoms with van der Waals surface area (Å²) in [6.45, 7) is 10.6. The predicted molar refractivity (Wildman–Crippen MR) is 60.6 cm³/mol. The van der Waals surface area contributed by atoms with Crippen LogP contribution < -0.4 is 0 Å². The first-order valence-corrected chi connectivity index (χ1v) is 6.06. The van der Waals surface area contributed by atoms with E-state index in [4.69, 9.17) is 4.74 Å². The van der Waals surface area contributed by atoms with Crippen LogP contribution in [-0.2, 0) is 9.53 Å². The molecule has 0 aromatic carbocycles. The minimum absolute atomic E-state index is 0.160. The first-order valence-electron chi connectivity index (χ1n) is 6.06. The fraction of sp³-hybridized carbons (Fsp3) is 0.917. The van der Waals surface area contributed by atoms with E-state index < -0.39 is 0 Å². The SMILES string of the molecule is CC.CC1CC(C)N(C(=O)C2COC2)C1. The molecule has 0 bridgehead atoms. The molecule has 0 N–H and O–H groups in total. The largest absolute Gasteiger partial charge is 0.380 e. The van der Waals surface area contributed by atoms with Gasteiger partial charge in [-0.25, -0.2) is 0 Å². The van der Waals surface area contributed by atoms with Gasteiger partial charge >= 0.3 is 0 Å². The number of carbonyl (C=O) groups is 1. The van der Waals surface area contributed by atoms with Gasteiger partial charge in [-0.3, -0.25) is 4.79 Å². The zero-order valence-corrected chi connectivity index (χ0v) is 10.3. The van der Waals surface area contributed by atoms with E-state index in [2.05, 4.69) is 13.8 Å². The number of likely N-dealkylation sites (tertiary alicyclic amines) is 1. The molecule has 3 nitrogen and oxygen atoms in total. The highest BCUT2D eigenvalue weighted by Gasteiger charge is 2.36. The van der Waals surface area contributed by atoms with Crippen molar-refractivity contribution in [2.24, 2.45) is 11.8 Å². The molecule has 0 aromatic rings. The quantitative estimate of drug-likeness (QED) is 0.666. The fourth-order valence-corrected chi connectivity index (χ4v) is 2.22. The molecule has 2 rings (SSSR count). The highest BCUT2D eigenvalue weighted by Crippen LogP contribution is 2.25. The third-order valence-electron chi connectivity index (χ3n) is 3.05. The van der Waals surface area contributed by atoms with Gasteiger partial charge in [0, 0.05) is 12.6 Å². The maximum atomic E-state index is 11.8. The standard InChI is InChI=1S/C10H17NO2.C2H6/c1-7-3-8(2)11(4-7)10(12)9-5-13-6-9;1-2/h7-9H,3-6H2,1-2H3;1-2H3. The summed E-state index contributed by atoms with van der Waals surface area (Å²) in [5.74, 6) is 1.13. The van der Waals surface area contributed by atoms with Crippen molar-refractivity contribution in [2.45, 2.75) is 40.2 Å². The summed E-state index contributed by atoms with van der Waals surface area (Å²) < 4.78 is 5.03. The van der Waals surface area contributed by atoms with Gasteiger partial charge in [0.2, 0.25) is 5.91 Å². The molecule has 2 heterocycles. The van der Waals surface area contributed by atoms with Gasteiger partial charge in [-0.2, -0.15) is 0 Å². The van der Waals surface area contributed by atoms with Gasteiger partial charge in [-0.1, -0.05) is 20.8 Å². The van der Waals surface area contributed by atoms with Crippen molar-refractivity contribution in [3.63, 3.8) is 0 Å². The number of rotatable bonds is 1. The lowest BCUT2D eigenvalue weighted by molar-refractivity contribution is -0.150. The second kappa shape index (κ2) is 5.50. The summed E-state index contributed by atoms with van der Waals surface area (Å²) in [5, 5.41) is 0. The number of carbonyl (C=O) groups excluding carboxylic acids is 1. The van der Waals surface area contributed by atoms with Gasteiger partial charge in [0.15, 0.2) is 0 Å².